The number of benzene rings is 1. The number of aliphatic hydroxyl groups excluding tert-OH is 1. The maximum absolute atomic E-state index is 9.96. The van der Waals surface area contributed by atoms with E-state index >= 15 is 0 Å². The Morgan fingerprint density at radius 3 is 2.85 bits per heavy atom. The summed E-state index contributed by atoms with van der Waals surface area (Å²) < 4.78 is 0. The van der Waals surface area contributed by atoms with E-state index in [9.17, 15) is 5.11 Å². The van der Waals surface area contributed by atoms with Crippen molar-refractivity contribution in [1.29, 1.82) is 0 Å². The molecule has 0 aliphatic heterocycles. The van der Waals surface area contributed by atoms with E-state index in [0.717, 1.165) is 11.1 Å². The SMILES string of the molecule is Cc1cccc2c1[C@@H](O)[C@@H](C)C=C2. The van der Waals surface area contributed by atoms with Gasteiger partial charge in [-0.25, -0.2) is 0 Å². The predicted octanol–water partition coefficient (Wildman–Crippen LogP) is 2.69. The number of aliphatic hydroxyl groups is 1. The van der Waals surface area contributed by atoms with Crippen LogP contribution in [0.1, 0.15) is 29.7 Å². The molecular weight excluding hydrogens is 160 g/mol. The molecule has 68 valence electrons. The van der Waals surface area contributed by atoms with Crippen LogP contribution in [0.2, 0.25) is 0 Å². The summed E-state index contributed by atoms with van der Waals surface area (Å²) in [6.07, 6.45) is 3.83. The molecular formula is C12H14O. The lowest BCUT2D eigenvalue weighted by atomic mass is 9.85. The lowest BCUT2D eigenvalue weighted by Gasteiger charge is -2.24. The first-order valence-electron chi connectivity index (χ1n) is 4.66. The van der Waals surface area contributed by atoms with Crippen molar-refractivity contribution in [2.45, 2.75) is 20.0 Å². The topological polar surface area (TPSA) is 20.2 Å². The summed E-state index contributed by atoms with van der Waals surface area (Å²) in [7, 11) is 0. The summed E-state index contributed by atoms with van der Waals surface area (Å²) in [5.41, 5.74) is 3.43. The van der Waals surface area contributed by atoms with Gasteiger partial charge in [-0.2, -0.15) is 0 Å². The van der Waals surface area contributed by atoms with E-state index in [-0.39, 0.29) is 12.0 Å². The first-order chi connectivity index (χ1) is 6.20. The fourth-order valence-electron chi connectivity index (χ4n) is 1.88. The lowest BCUT2D eigenvalue weighted by molar-refractivity contribution is 0.137. The van der Waals surface area contributed by atoms with E-state index in [1.165, 1.54) is 5.56 Å². The number of hydrogen-bond donors (Lipinski definition) is 1. The molecule has 1 aromatic carbocycles. The van der Waals surface area contributed by atoms with Crippen molar-refractivity contribution >= 4 is 6.08 Å². The Morgan fingerprint density at radius 2 is 2.08 bits per heavy atom. The molecule has 0 bridgehead atoms. The summed E-state index contributed by atoms with van der Waals surface area (Å²) in [6.45, 7) is 4.09. The van der Waals surface area contributed by atoms with Gasteiger partial charge in [-0.3, -0.25) is 0 Å². The second-order valence-electron chi connectivity index (χ2n) is 3.74. The van der Waals surface area contributed by atoms with Gasteiger partial charge in [-0.05, 0) is 23.6 Å². The molecule has 0 saturated heterocycles. The third kappa shape index (κ3) is 1.29. The van der Waals surface area contributed by atoms with Gasteiger partial charge in [0.1, 0.15) is 0 Å². The van der Waals surface area contributed by atoms with Gasteiger partial charge in [0.25, 0.3) is 0 Å². The van der Waals surface area contributed by atoms with Gasteiger partial charge in [0.05, 0.1) is 6.10 Å². The highest BCUT2D eigenvalue weighted by molar-refractivity contribution is 5.59. The molecule has 0 amide bonds. The Balaban J connectivity index is 2.60. The molecule has 13 heavy (non-hydrogen) atoms. The van der Waals surface area contributed by atoms with Crippen LogP contribution in [-0.4, -0.2) is 5.11 Å². The lowest BCUT2D eigenvalue weighted by Crippen LogP contribution is -2.13. The van der Waals surface area contributed by atoms with Gasteiger partial charge >= 0.3 is 0 Å². The summed E-state index contributed by atoms with van der Waals surface area (Å²) >= 11 is 0. The molecule has 0 radical (unpaired) electrons. The quantitative estimate of drug-likeness (QED) is 0.641. The third-order valence-corrected chi connectivity index (χ3v) is 2.73. The van der Waals surface area contributed by atoms with Crippen LogP contribution in [0.25, 0.3) is 6.08 Å². The molecule has 0 saturated carbocycles. The molecule has 0 fully saturated rings. The van der Waals surface area contributed by atoms with Crippen LogP contribution >= 0.6 is 0 Å². The summed E-state index contributed by atoms with van der Waals surface area (Å²) in [4.78, 5) is 0. The molecule has 1 aliphatic rings. The molecule has 0 aromatic heterocycles. The van der Waals surface area contributed by atoms with Crippen molar-refractivity contribution in [3.8, 4) is 0 Å². The summed E-state index contributed by atoms with van der Waals surface area (Å²) in [6, 6.07) is 6.13. The minimum absolute atomic E-state index is 0.230. The fourth-order valence-corrected chi connectivity index (χ4v) is 1.88. The molecule has 1 aliphatic carbocycles. The van der Waals surface area contributed by atoms with E-state index in [1.807, 2.05) is 32.0 Å². The Labute approximate surface area is 78.7 Å². The number of aryl methyl sites for hydroxylation is 1. The van der Waals surface area contributed by atoms with Crippen LogP contribution in [0.3, 0.4) is 0 Å². The molecule has 1 N–H and O–H groups in total. The molecule has 0 unspecified atom stereocenters. The van der Waals surface area contributed by atoms with Crippen molar-refractivity contribution in [3.63, 3.8) is 0 Å². The van der Waals surface area contributed by atoms with Crippen LogP contribution in [0.5, 0.6) is 0 Å². The Kier molecular flexibility index (Phi) is 1.97. The first kappa shape index (κ1) is 8.52. The average molecular weight is 174 g/mol. The smallest absolute Gasteiger partial charge is 0.0858 e. The Bertz CT molecular complexity index is 352. The zero-order chi connectivity index (χ0) is 9.42. The highest BCUT2D eigenvalue weighted by atomic mass is 16.3. The number of hydrogen-bond acceptors (Lipinski definition) is 1. The zero-order valence-corrected chi connectivity index (χ0v) is 7.99. The molecule has 2 atom stereocenters. The van der Waals surface area contributed by atoms with Crippen LogP contribution in [0.4, 0.5) is 0 Å². The molecule has 1 heteroatoms. The Morgan fingerprint density at radius 1 is 1.31 bits per heavy atom. The summed E-state index contributed by atoms with van der Waals surface area (Å²) in [5.74, 6) is 0.230. The minimum Gasteiger partial charge on any atom is -0.388 e. The predicted molar refractivity (Wildman–Crippen MR) is 54.3 cm³/mol. The van der Waals surface area contributed by atoms with Gasteiger partial charge in [0, 0.05) is 5.92 Å². The van der Waals surface area contributed by atoms with Gasteiger partial charge in [-0.1, -0.05) is 37.3 Å². The van der Waals surface area contributed by atoms with Crippen molar-refractivity contribution in [3.05, 3.63) is 41.0 Å². The van der Waals surface area contributed by atoms with E-state index in [2.05, 4.69) is 12.2 Å². The van der Waals surface area contributed by atoms with Crippen molar-refractivity contribution in [2.75, 3.05) is 0 Å². The van der Waals surface area contributed by atoms with E-state index in [0.29, 0.717) is 0 Å². The standard InChI is InChI=1S/C12H14O/c1-8-4-3-5-10-7-6-9(2)12(13)11(8)10/h3-7,9,12-13H,1-2H3/t9-,12-/m0/s1. The number of rotatable bonds is 0. The van der Waals surface area contributed by atoms with Crippen molar-refractivity contribution < 1.29 is 5.11 Å². The molecule has 2 rings (SSSR count). The largest absolute Gasteiger partial charge is 0.388 e. The van der Waals surface area contributed by atoms with Crippen molar-refractivity contribution in [2.24, 2.45) is 5.92 Å². The maximum Gasteiger partial charge on any atom is 0.0858 e. The van der Waals surface area contributed by atoms with Crippen LogP contribution in [0, 0.1) is 12.8 Å². The summed E-state index contributed by atoms with van der Waals surface area (Å²) in [5, 5.41) is 9.96. The van der Waals surface area contributed by atoms with E-state index in [1.54, 1.807) is 0 Å². The molecule has 0 heterocycles. The third-order valence-electron chi connectivity index (χ3n) is 2.73. The molecule has 1 aromatic rings. The van der Waals surface area contributed by atoms with Gasteiger partial charge < -0.3 is 5.11 Å². The normalized spacial score (nSPS) is 25.8. The fraction of sp³-hybridized carbons (Fsp3) is 0.333. The minimum atomic E-state index is -0.332. The van der Waals surface area contributed by atoms with E-state index in [4.69, 9.17) is 0 Å². The maximum atomic E-state index is 9.96. The van der Waals surface area contributed by atoms with E-state index < -0.39 is 0 Å². The average Bonchev–Trinajstić information content (AvgIpc) is 2.12. The monoisotopic (exact) mass is 174 g/mol. The highest BCUT2D eigenvalue weighted by Gasteiger charge is 2.21. The second-order valence-corrected chi connectivity index (χ2v) is 3.74. The van der Waals surface area contributed by atoms with Crippen LogP contribution < -0.4 is 0 Å². The van der Waals surface area contributed by atoms with Crippen molar-refractivity contribution in [1.82, 2.24) is 0 Å². The molecule has 1 nitrogen and oxygen atoms in total. The molecule has 0 spiro atoms. The first-order valence-corrected chi connectivity index (χ1v) is 4.66. The van der Waals surface area contributed by atoms with Crippen LogP contribution in [-0.2, 0) is 0 Å². The van der Waals surface area contributed by atoms with Gasteiger partial charge in [0.15, 0.2) is 0 Å². The highest BCUT2D eigenvalue weighted by Crippen LogP contribution is 2.33. The van der Waals surface area contributed by atoms with Crippen LogP contribution in [0.15, 0.2) is 24.3 Å². The Hall–Kier alpha value is -1.08. The second kappa shape index (κ2) is 3.00. The zero-order valence-electron chi connectivity index (χ0n) is 7.99. The van der Waals surface area contributed by atoms with Gasteiger partial charge in [0.2, 0.25) is 0 Å². The number of fused-ring (bicyclic) bond motifs is 1. The van der Waals surface area contributed by atoms with Gasteiger partial charge in [-0.15, -0.1) is 0 Å².